The summed E-state index contributed by atoms with van der Waals surface area (Å²) in [6.07, 6.45) is 5.31. The fraction of sp³-hybridized carbons (Fsp3) is 0.417. The van der Waals surface area contributed by atoms with Crippen LogP contribution in [0.15, 0.2) is 23.4 Å². The molecule has 86 valence electrons. The summed E-state index contributed by atoms with van der Waals surface area (Å²) in [7, 11) is 0. The van der Waals surface area contributed by atoms with Crippen molar-refractivity contribution in [1.82, 2.24) is 0 Å². The van der Waals surface area contributed by atoms with Crippen molar-refractivity contribution in [2.45, 2.75) is 25.9 Å². The number of halogens is 2. The lowest BCUT2D eigenvalue weighted by Gasteiger charge is -2.19. The molecule has 2 rings (SSSR count). The van der Waals surface area contributed by atoms with E-state index >= 15 is 0 Å². The van der Waals surface area contributed by atoms with E-state index in [2.05, 4.69) is 5.16 Å². The summed E-state index contributed by atoms with van der Waals surface area (Å²) in [5.41, 5.74) is 0.447. The van der Waals surface area contributed by atoms with Gasteiger partial charge in [0, 0.05) is 12.3 Å². The molecule has 1 aromatic carbocycles. The normalized spacial score (nSPS) is 16.4. The molecule has 4 heteroatoms. The van der Waals surface area contributed by atoms with Gasteiger partial charge in [0.25, 0.3) is 0 Å². The van der Waals surface area contributed by atoms with Gasteiger partial charge in [-0.05, 0) is 36.5 Å². The van der Waals surface area contributed by atoms with Crippen LogP contribution in [0.5, 0.6) is 0 Å². The Morgan fingerprint density at radius 2 is 1.94 bits per heavy atom. The van der Waals surface area contributed by atoms with Gasteiger partial charge in [-0.1, -0.05) is 11.6 Å². The van der Waals surface area contributed by atoms with Gasteiger partial charge in [-0.3, -0.25) is 0 Å². The summed E-state index contributed by atoms with van der Waals surface area (Å²) in [6.45, 7) is 0.0951. The average molecular weight is 225 g/mol. The van der Waals surface area contributed by atoms with Gasteiger partial charge in [0.05, 0.1) is 0 Å². The summed E-state index contributed by atoms with van der Waals surface area (Å²) in [6, 6.07) is 3.31. The predicted molar refractivity (Wildman–Crippen MR) is 57.0 cm³/mol. The summed E-state index contributed by atoms with van der Waals surface area (Å²) < 4.78 is 25.6. The Morgan fingerprint density at radius 3 is 2.50 bits per heavy atom. The van der Waals surface area contributed by atoms with Gasteiger partial charge < -0.3 is 4.84 Å². The molecule has 1 aliphatic rings. The van der Waals surface area contributed by atoms with Crippen molar-refractivity contribution >= 4 is 6.21 Å². The first-order valence-electron chi connectivity index (χ1n) is 5.34. The Labute approximate surface area is 92.9 Å². The third-order valence-electron chi connectivity index (χ3n) is 2.65. The second-order valence-corrected chi connectivity index (χ2v) is 4.00. The highest BCUT2D eigenvalue weighted by Gasteiger charge is 2.14. The minimum Gasteiger partial charge on any atom is -0.391 e. The van der Waals surface area contributed by atoms with Gasteiger partial charge >= 0.3 is 0 Å². The molecule has 0 saturated heterocycles. The van der Waals surface area contributed by atoms with Gasteiger partial charge in [-0.25, -0.2) is 8.78 Å². The van der Waals surface area contributed by atoms with E-state index < -0.39 is 11.6 Å². The highest BCUT2D eigenvalue weighted by Crippen LogP contribution is 2.24. The highest BCUT2D eigenvalue weighted by atomic mass is 19.1. The lowest BCUT2D eigenvalue weighted by Crippen LogP contribution is -2.11. The van der Waals surface area contributed by atoms with E-state index in [1.807, 2.05) is 0 Å². The van der Waals surface area contributed by atoms with Gasteiger partial charge in [-0.15, -0.1) is 0 Å². The Kier molecular flexibility index (Phi) is 3.49. The third-order valence-corrected chi connectivity index (χ3v) is 2.65. The van der Waals surface area contributed by atoms with E-state index in [1.165, 1.54) is 18.6 Å². The van der Waals surface area contributed by atoms with E-state index in [-0.39, 0.29) is 6.61 Å². The fourth-order valence-corrected chi connectivity index (χ4v) is 1.52. The lowest BCUT2D eigenvalue weighted by atomic mass is 9.87. The molecule has 0 bridgehead atoms. The molecule has 16 heavy (non-hydrogen) atoms. The van der Waals surface area contributed by atoms with Crippen LogP contribution < -0.4 is 0 Å². The van der Waals surface area contributed by atoms with Crippen molar-refractivity contribution in [3.05, 3.63) is 35.4 Å². The van der Waals surface area contributed by atoms with Crippen molar-refractivity contribution in [1.29, 1.82) is 0 Å². The maximum atomic E-state index is 12.8. The van der Waals surface area contributed by atoms with Crippen LogP contribution in [0, 0.1) is 17.6 Å². The molecule has 0 aromatic heterocycles. The van der Waals surface area contributed by atoms with Crippen molar-refractivity contribution < 1.29 is 13.6 Å². The predicted octanol–water partition coefficient (Wildman–Crippen LogP) is 3.27. The lowest BCUT2D eigenvalue weighted by molar-refractivity contribution is 0.129. The number of rotatable bonds is 4. The standard InChI is InChI=1S/C12H13F2NO/c13-11-4-10(5-12(14)6-11)8-16-15-7-9-2-1-3-9/h4-7,9H,1-3,8H2. The molecule has 0 N–H and O–H groups in total. The quantitative estimate of drug-likeness (QED) is 0.569. The molecule has 1 saturated carbocycles. The Hall–Kier alpha value is -1.45. The molecule has 1 aromatic rings. The third kappa shape index (κ3) is 3.02. The SMILES string of the molecule is Fc1cc(F)cc(CON=CC2CCC2)c1. The van der Waals surface area contributed by atoms with Crippen LogP contribution in [0.1, 0.15) is 24.8 Å². The maximum absolute atomic E-state index is 12.8. The van der Waals surface area contributed by atoms with Gasteiger partial charge in [0.15, 0.2) is 0 Å². The van der Waals surface area contributed by atoms with Crippen molar-refractivity contribution in [3.8, 4) is 0 Å². The molecule has 0 radical (unpaired) electrons. The molecule has 2 nitrogen and oxygen atoms in total. The van der Waals surface area contributed by atoms with E-state index in [4.69, 9.17) is 4.84 Å². The molecule has 0 unspecified atom stereocenters. The fourth-order valence-electron chi connectivity index (χ4n) is 1.52. The second-order valence-electron chi connectivity index (χ2n) is 4.00. The molecule has 1 aliphatic carbocycles. The van der Waals surface area contributed by atoms with E-state index in [0.717, 1.165) is 18.9 Å². The van der Waals surface area contributed by atoms with Crippen molar-refractivity contribution in [2.75, 3.05) is 0 Å². The Morgan fingerprint density at radius 1 is 1.25 bits per heavy atom. The van der Waals surface area contributed by atoms with Crippen LogP contribution in [0.3, 0.4) is 0 Å². The number of hydrogen-bond donors (Lipinski definition) is 0. The zero-order chi connectivity index (χ0) is 11.4. The van der Waals surface area contributed by atoms with Gasteiger partial charge in [0.1, 0.15) is 18.2 Å². The molecule has 0 atom stereocenters. The largest absolute Gasteiger partial charge is 0.391 e. The summed E-state index contributed by atoms with van der Waals surface area (Å²) in [4.78, 5) is 4.97. The van der Waals surface area contributed by atoms with E-state index in [9.17, 15) is 8.78 Å². The van der Waals surface area contributed by atoms with Gasteiger partial charge in [0.2, 0.25) is 0 Å². The Balaban J connectivity index is 1.81. The summed E-state index contributed by atoms with van der Waals surface area (Å²) in [5, 5.41) is 3.78. The van der Waals surface area contributed by atoms with E-state index in [0.29, 0.717) is 11.5 Å². The topological polar surface area (TPSA) is 21.6 Å². The molecular formula is C12H13F2NO. The molecule has 0 heterocycles. The van der Waals surface area contributed by atoms with Crippen LogP contribution in [-0.4, -0.2) is 6.21 Å². The first-order chi connectivity index (χ1) is 7.74. The van der Waals surface area contributed by atoms with Crippen LogP contribution in [0.4, 0.5) is 8.78 Å². The number of benzene rings is 1. The average Bonchev–Trinajstić information content (AvgIpc) is 2.13. The van der Waals surface area contributed by atoms with Crippen molar-refractivity contribution in [2.24, 2.45) is 11.1 Å². The number of nitrogens with zero attached hydrogens (tertiary/aromatic N) is 1. The number of oxime groups is 1. The van der Waals surface area contributed by atoms with Gasteiger partial charge in [-0.2, -0.15) is 0 Å². The molecule has 0 spiro atoms. The van der Waals surface area contributed by atoms with Crippen LogP contribution >= 0.6 is 0 Å². The molecule has 1 fully saturated rings. The molecular weight excluding hydrogens is 212 g/mol. The van der Waals surface area contributed by atoms with Crippen LogP contribution in [-0.2, 0) is 11.4 Å². The molecule has 0 aliphatic heterocycles. The summed E-state index contributed by atoms with van der Waals surface area (Å²) >= 11 is 0. The van der Waals surface area contributed by atoms with E-state index in [1.54, 1.807) is 6.21 Å². The van der Waals surface area contributed by atoms with Crippen LogP contribution in [0.2, 0.25) is 0 Å². The first-order valence-corrected chi connectivity index (χ1v) is 5.34. The minimum atomic E-state index is -0.596. The van der Waals surface area contributed by atoms with Crippen LogP contribution in [0.25, 0.3) is 0 Å². The summed E-state index contributed by atoms with van der Waals surface area (Å²) in [5.74, 6) is -0.674. The zero-order valence-electron chi connectivity index (χ0n) is 8.83. The molecule has 0 amide bonds. The second kappa shape index (κ2) is 5.05. The van der Waals surface area contributed by atoms with Crippen molar-refractivity contribution in [3.63, 3.8) is 0 Å². The number of hydrogen-bond acceptors (Lipinski definition) is 2. The monoisotopic (exact) mass is 225 g/mol. The first kappa shape index (κ1) is 11.0. The maximum Gasteiger partial charge on any atom is 0.142 e. The zero-order valence-corrected chi connectivity index (χ0v) is 8.83. The Bertz CT molecular complexity index is 368. The smallest absolute Gasteiger partial charge is 0.142 e. The minimum absolute atomic E-state index is 0.0951. The highest BCUT2D eigenvalue weighted by molar-refractivity contribution is 5.60.